The molecule has 0 saturated carbocycles. The van der Waals surface area contributed by atoms with Gasteiger partial charge in [-0.15, -0.1) is 0 Å². The van der Waals surface area contributed by atoms with Crippen LogP contribution in [-0.2, 0) is 0 Å². The quantitative estimate of drug-likeness (QED) is 0.567. The van der Waals surface area contributed by atoms with E-state index in [-0.39, 0.29) is 0 Å². The average Bonchev–Trinajstić information content (AvgIpc) is 2.70. The van der Waals surface area contributed by atoms with E-state index in [1.54, 1.807) is 12.5 Å². The molecule has 114 valence electrons. The van der Waals surface area contributed by atoms with Crippen LogP contribution in [0.1, 0.15) is 0 Å². The van der Waals surface area contributed by atoms with Crippen LogP contribution < -0.4 is 0 Å². The molecular weight excluding hydrogens is 296 g/mol. The predicted molar refractivity (Wildman–Crippen MR) is 93.9 cm³/mol. The highest BCUT2D eigenvalue weighted by molar-refractivity contribution is 5.68. The Kier molecular flexibility index (Phi) is 3.78. The van der Waals surface area contributed by atoms with Crippen LogP contribution in [0.2, 0.25) is 0 Å². The van der Waals surface area contributed by atoms with Gasteiger partial charge in [0, 0.05) is 22.9 Å². The molecule has 4 aromatic rings. The molecule has 0 amide bonds. The van der Waals surface area contributed by atoms with Gasteiger partial charge in [-0.3, -0.25) is 4.98 Å². The summed E-state index contributed by atoms with van der Waals surface area (Å²) in [5.74, 6) is 1.32. The average molecular weight is 310 g/mol. The third kappa shape index (κ3) is 2.90. The van der Waals surface area contributed by atoms with E-state index in [2.05, 4.69) is 19.9 Å². The van der Waals surface area contributed by atoms with Gasteiger partial charge in [0.25, 0.3) is 0 Å². The molecule has 0 bridgehead atoms. The smallest absolute Gasteiger partial charge is 0.163 e. The van der Waals surface area contributed by atoms with Crippen molar-refractivity contribution in [1.82, 2.24) is 19.9 Å². The Balaban J connectivity index is 1.75. The topological polar surface area (TPSA) is 51.6 Å². The lowest BCUT2D eigenvalue weighted by Gasteiger charge is -2.05. The van der Waals surface area contributed by atoms with Crippen LogP contribution in [0, 0.1) is 0 Å². The molecule has 0 aliphatic heterocycles. The second-order valence-corrected chi connectivity index (χ2v) is 5.29. The minimum atomic E-state index is 0.654. The predicted octanol–water partition coefficient (Wildman–Crippen LogP) is 4.27. The van der Waals surface area contributed by atoms with Crippen molar-refractivity contribution in [2.24, 2.45) is 0 Å². The second-order valence-electron chi connectivity index (χ2n) is 5.29. The van der Waals surface area contributed by atoms with Crippen molar-refractivity contribution in [3.8, 4) is 34.0 Å². The summed E-state index contributed by atoms with van der Waals surface area (Å²) in [6, 6.07) is 23.8. The first-order valence-electron chi connectivity index (χ1n) is 7.66. The number of hydrogen-bond acceptors (Lipinski definition) is 4. The van der Waals surface area contributed by atoms with Crippen molar-refractivity contribution < 1.29 is 0 Å². The Morgan fingerprint density at radius 3 is 2.04 bits per heavy atom. The fourth-order valence-electron chi connectivity index (χ4n) is 2.51. The third-order valence-electron chi connectivity index (χ3n) is 3.69. The molecule has 2 aromatic carbocycles. The molecule has 0 aliphatic rings. The SMILES string of the molecule is c1ccc(-c2ncnc(-c3cccc(-c4ccccn4)c3)n2)cc1. The van der Waals surface area contributed by atoms with Gasteiger partial charge in [0.15, 0.2) is 11.6 Å². The molecule has 0 aliphatic carbocycles. The number of pyridine rings is 1. The van der Waals surface area contributed by atoms with Gasteiger partial charge < -0.3 is 0 Å². The molecule has 2 aromatic heterocycles. The maximum atomic E-state index is 4.61. The van der Waals surface area contributed by atoms with Crippen LogP contribution in [0.25, 0.3) is 34.0 Å². The Labute approximate surface area is 139 Å². The van der Waals surface area contributed by atoms with E-state index in [0.717, 1.165) is 22.4 Å². The van der Waals surface area contributed by atoms with E-state index in [0.29, 0.717) is 11.6 Å². The number of benzene rings is 2. The fraction of sp³-hybridized carbons (Fsp3) is 0. The van der Waals surface area contributed by atoms with Crippen molar-refractivity contribution >= 4 is 0 Å². The molecule has 0 spiro atoms. The van der Waals surface area contributed by atoms with Crippen molar-refractivity contribution in [3.63, 3.8) is 0 Å². The molecule has 0 radical (unpaired) electrons. The number of aromatic nitrogens is 4. The van der Waals surface area contributed by atoms with Crippen molar-refractivity contribution in [2.45, 2.75) is 0 Å². The summed E-state index contributed by atoms with van der Waals surface area (Å²) in [6.07, 6.45) is 3.34. The van der Waals surface area contributed by atoms with Crippen LogP contribution in [-0.4, -0.2) is 19.9 Å². The molecule has 4 nitrogen and oxygen atoms in total. The highest BCUT2D eigenvalue weighted by Gasteiger charge is 2.07. The lowest BCUT2D eigenvalue weighted by atomic mass is 10.1. The summed E-state index contributed by atoms with van der Waals surface area (Å²) in [5.41, 5.74) is 3.88. The second kappa shape index (κ2) is 6.38. The van der Waals surface area contributed by atoms with Crippen LogP contribution in [0.15, 0.2) is 85.3 Å². The van der Waals surface area contributed by atoms with E-state index in [1.165, 1.54) is 0 Å². The summed E-state index contributed by atoms with van der Waals surface area (Å²) < 4.78 is 0. The highest BCUT2D eigenvalue weighted by atomic mass is 15.0. The van der Waals surface area contributed by atoms with Gasteiger partial charge in [0.2, 0.25) is 0 Å². The molecule has 0 unspecified atom stereocenters. The molecule has 4 rings (SSSR count). The lowest BCUT2D eigenvalue weighted by Crippen LogP contribution is -1.95. The lowest BCUT2D eigenvalue weighted by molar-refractivity contribution is 1.06. The van der Waals surface area contributed by atoms with Gasteiger partial charge in [0.05, 0.1) is 5.69 Å². The minimum Gasteiger partial charge on any atom is -0.256 e. The number of nitrogens with zero attached hydrogens (tertiary/aromatic N) is 4. The van der Waals surface area contributed by atoms with Crippen LogP contribution in [0.5, 0.6) is 0 Å². The third-order valence-corrected chi connectivity index (χ3v) is 3.69. The minimum absolute atomic E-state index is 0.654. The first kappa shape index (κ1) is 14.2. The molecule has 0 saturated heterocycles. The summed E-state index contributed by atoms with van der Waals surface area (Å²) in [7, 11) is 0. The highest BCUT2D eigenvalue weighted by Crippen LogP contribution is 2.24. The molecular formula is C20H14N4. The Morgan fingerprint density at radius 2 is 1.25 bits per heavy atom. The standard InChI is InChI=1S/C20H14N4/c1-2-7-15(8-3-1)19-22-14-23-20(24-19)17-10-6-9-16(13-17)18-11-4-5-12-21-18/h1-14H. The first-order chi connectivity index (χ1) is 11.9. The van der Waals surface area contributed by atoms with Gasteiger partial charge in [-0.25, -0.2) is 15.0 Å². The maximum absolute atomic E-state index is 4.61. The maximum Gasteiger partial charge on any atom is 0.163 e. The van der Waals surface area contributed by atoms with Crippen LogP contribution >= 0.6 is 0 Å². The van der Waals surface area contributed by atoms with Crippen molar-refractivity contribution in [3.05, 3.63) is 85.3 Å². The summed E-state index contributed by atoms with van der Waals surface area (Å²) in [5, 5.41) is 0. The van der Waals surface area contributed by atoms with E-state index < -0.39 is 0 Å². The van der Waals surface area contributed by atoms with Crippen LogP contribution in [0.4, 0.5) is 0 Å². The molecule has 0 N–H and O–H groups in total. The Hall–Kier alpha value is -3.40. The normalized spacial score (nSPS) is 10.5. The molecule has 24 heavy (non-hydrogen) atoms. The zero-order valence-corrected chi connectivity index (χ0v) is 12.9. The van der Waals surface area contributed by atoms with Crippen molar-refractivity contribution in [1.29, 1.82) is 0 Å². The molecule has 0 atom stereocenters. The van der Waals surface area contributed by atoms with E-state index >= 15 is 0 Å². The molecule has 0 fully saturated rings. The Morgan fingerprint density at radius 1 is 0.542 bits per heavy atom. The van der Waals surface area contributed by atoms with E-state index in [4.69, 9.17) is 0 Å². The summed E-state index contributed by atoms with van der Waals surface area (Å²) >= 11 is 0. The largest absolute Gasteiger partial charge is 0.256 e. The van der Waals surface area contributed by atoms with Gasteiger partial charge in [0.1, 0.15) is 6.33 Å². The zero-order chi connectivity index (χ0) is 16.2. The van der Waals surface area contributed by atoms with Crippen molar-refractivity contribution in [2.75, 3.05) is 0 Å². The first-order valence-corrected chi connectivity index (χ1v) is 7.66. The van der Waals surface area contributed by atoms with E-state index in [9.17, 15) is 0 Å². The summed E-state index contributed by atoms with van der Waals surface area (Å²) in [4.78, 5) is 17.6. The summed E-state index contributed by atoms with van der Waals surface area (Å²) in [6.45, 7) is 0. The molecule has 2 heterocycles. The van der Waals surface area contributed by atoms with Crippen LogP contribution in [0.3, 0.4) is 0 Å². The number of rotatable bonds is 3. The molecule has 4 heteroatoms. The van der Waals surface area contributed by atoms with E-state index in [1.807, 2.05) is 72.8 Å². The van der Waals surface area contributed by atoms with Gasteiger partial charge >= 0.3 is 0 Å². The Bertz CT molecular complexity index is 872. The van der Waals surface area contributed by atoms with Gasteiger partial charge in [-0.1, -0.05) is 54.6 Å². The zero-order valence-electron chi connectivity index (χ0n) is 12.9. The fourth-order valence-corrected chi connectivity index (χ4v) is 2.51. The van der Waals surface area contributed by atoms with Gasteiger partial charge in [-0.2, -0.15) is 0 Å². The monoisotopic (exact) mass is 310 g/mol. The van der Waals surface area contributed by atoms with Gasteiger partial charge in [-0.05, 0) is 18.2 Å². The number of hydrogen-bond donors (Lipinski definition) is 0.